The molecule has 0 fully saturated rings. The second-order valence-corrected chi connectivity index (χ2v) is 7.19. The minimum atomic E-state index is -0.976. The van der Waals surface area contributed by atoms with Gasteiger partial charge in [-0.15, -0.1) is 0 Å². The van der Waals surface area contributed by atoms with E-state index in [1.54, 1.807) is 12.1 Å². The number of carbonyl (C=O) groups is 2. The molecule has 3 aromatic rings. The van der Waals surface area contributed by atoms with Crippen molar-refractivity contribution in [2.24, 2.45) is 0 Å². The maximum absolute atomic E-state index is 12.9. The molecule has 0 unspecified atom stereocenters. The summed E-state index contributed by atoms with van der Waals surface area (Å²) in [4.78, 5) is 28.7. The summed E-state index contributed by atoms with van der Waals surface area (Å²) < 4.78 is 0. The van der Waals surface area contributed by atoms with Crippen molar-refractivity contribution >= 4 is 11.9 Å². The van der Waals surface area contributed by atoms with Crippen LogP contribution in [0.1, 0.15) is 45.2 Å². The zero-order chi connectivity index (χ0) is 21.0. The van der Waals surface area contributed by atoms with Gasteiger partial charge in [0.25, 0.3) is 5.91 Å². The number of benzene rings is 2. The van der Waals surface area contributed by atoms with Gasteiger partial charge in [0.05, 0.1) is 18.2 Å². The topological polar surface area (TPSA) is 79.3 Å². The Morgan fingerprint density at radius 1 is 0.931 bits per heavy atom. The molecule has 5 nitrogen and oxygen atoms in total. The zero-order valence-corrected chi connectivity index (χ0v) is 16.8. The van der Waals surface area contributed by atoms with E-state index in [4.69, 9.17) is 0 Å². The van der Waals surface area contributed by atoms with Crippen molar-refractivity contribution in [3.63, 3.8) is 0 Å². The first-order chi connectivity index (χ1) is 13.8. The molecule has 3 rings (SSSR count). The lowest BCUT2D eigenvalue weighted by Crippen LogP contribution is -2.31. The lowest BCUT2D eigenvalue weighted by atomic mass is 9.98. The second-order valence-electron chi connectivity index (χ2n) is 7.19. The summed E-state index contributed by atoms with van der Waals surface area (Å²) in [5, 5.41) is 12.1. The number of amides is 1. The van der Waals surface area contributed by atoms with E-state index in [-0.39, 0.29) is 12.1 Å². The summed E-state index contributed by atoms with van der Waals surface area (Å²) in [6.07, 6.45) is -0.201. The summed E-state index contributed by atoms with van der Waals surface area (Å²) in [7, 11) is 0. The molecule has 0 aliphatic rings. The van der Waals surface area contributed by atoms with Gasteiger partial charge in [0.2, 0.25) is 0 Å². The van der Waals surface area contributed by atoms with Crippen molar-refractivity contribution in [3.8, 4) is 11.3 Å². The van der Waals surface area contributed by atoms with Crippen LogP contribution in [0, 0.1) is 20.8 Å². The number of aryl methyl sites for hydroxylation is 3. The van der Waals surface area contributed by atoms with Crippen molar-refractivity contribution in [1.82, 2.24) is 10.3 Å². The van der Waals surface area contributed by atoms with Gasteiger partial charge in [0.1, 0.15) is 5.69 Å². The molecule has 1 aromatic heterocycles. The van der Waals surface area contributed by atoms with Crippen LogP contribution < -0.4 is 5.32 Å². The van der Waals surface area contributed by atoms with E-state index in [1.165, 1.54) is 5.56 Å². The van der Waals surface area contributed by atoms with Gasteiger partial charge in [0, 0.05) is 5.56 Å². The fourth-order valence-corrected chi connectivity index (χ4v) is 3.25. The number of carboxylic acids is 1. The average molecular weight is 388 g/mol. The highest BCUT2D eigenvalue weighted by molar-refractivity contribution is 5.93. The Hall–Kier alpha value is -3.47. The van der Waals surface area contributed by atoms with Crippen molar-refractivity contribution < 1.29 is 14.7 Å². The molecule has 2 N–H and O–H groups in total. The van der Waals surface area contributed by atoms with Crippen LogP contribution in [0.4, 0.5) is 0 Å². The fraction of sp³-hybridized carbons (Fsp3) is 0.208. The normalized spacial score (nSPS) is 11.7. The summed E-state index contributed by atoms with van der Waals surface area (Å²) in [6.45, 7) is 5.98. The third-order valence-electron chi connectivity index (χ3n) is 5.03. The molecule has 0 bridgehead atoms. The number of hydrogen-bond donors (Lipinski definition) is 2. The molecule has 29 heavy (non-hydrogen) atoms. The third-order valence-corrected chi connectivity index (χ3v) is 5.03. The predicted molar refractivity (Wildman–Crippen MR) is 113 cm³/mol. The third kappa shape index (κ3) is 4.88. The largest absolute Gasteiger partial charge is 0.481 e. The smallest absolute Gasteiger partial charge is 0.305 e. The van der Waals surface area contributed by atoms with E-state index in [0.717, 1.165) is 22.3 Å². The maximum Gasteiger partial charge on any atom is 0.305 e. The summed E-state index contributed by atoms with van der Waals surface area (Å²) in [5.41, 5.74) is 5.95. The molecule has 1 amide bonds. The minimum Gasteiger partial charge on any atom is -0.481 e. The Bertz CT molecular complexity index is 1060. The second kappa shape index (κ2) is 8.69. The lowest BCUT2D eigenvalue weighted by Gasteiger charge is -2.19. The monoisotopic (exact) mass is 388 g/mol. The number of nitrogens with zero attached hydrogens (tertiary/aromatic N) is 1. The molecule has 148 valence electrons. The highest BCUT2D eigenvalue weighted by Crippen LogP contribution is 2.23. The lowest BCUT2D eigenvalue weighted by molar-refractivity contribution is -0.137. The number of aromatic nitrogens is 1. The molecule has 1 atom stereocenters. The Labute approximate surface area is 170 Å². The summed E-state index contributed by atoms with van der Waals surface area (Å²) in [5.74, 6) is -1.37. The van der Waals surface area contributed by atoms with E-state index >= 15 is 0 Å². The van der Waals surface area contributed by atoms with E-state index in [0.29, 0.717) is 5.69 Å². The Kier molecular flexibility index (Phi) is 6.07. The van der Waals surface area contributed by atoms with Crippen LogP contribution in [-0.4, -0.2) is 22.0 Å². The molecule has 2 aromatic carbocycles. The predicted octanol–water partition coefficient (Wildman–Crippen LogP) is 4.62. The van der Waals surface area contributed by atoms with Gasteiger partial charge < -0.3 is 10.4 Å². The van der Waals surface area contributed by atoms with Crippen molar-refractivity contribution in [2.75, 3.05) is 0 Å². The van der Waals surface area contributed by atoms with Gasteiger partial charge in [-0.1, -0.05) is 42.5 Å². The van der Waals surface area contributed by atoms with Crippen LogP contribution in [0.15, 0.2) is 60.7 Å². The molecule has 1 heterocycles. The highest BCUT2D eigenvalue weighted by Gasteiger charge is 2.21. The van der Waals surface area contributed by atoms with Crippen molar-refractivity contribution in [2.45, 2.75) is 33.2 Å². The van der Waals surface area contributed by atoms with Gasteiger partial charge in [0.15, 0.2) is 0 Å². The zero-order valence-electron chi connectivity index (χ0n) is 16.8. The number of rotatable bonds is 6. The highest BCUT2D eigenvalue weighted by atomic mass is 16.4. The summed E-state index contributed by atoms with van der Waals surface area (Å²) >= 11 is 0. The van der Waals surface area contributed by atoms with E-state index in [9.17, 15) is 14.7 Å². The molecule has 0 saturated heterocycles. The number of carbonyl (C=O) groups excluding carboxylic acids is 1. The number of carboxylic acid groups (broad SMARTS) is 1. The van der Waals surface area contributed by atoms with E-state index in [2.05, 4.69) is 10.3 Å². The summed E-state index contributed by atoms with van der Waals surface area (Å²) in [6, 6.07) is 18.1. The SMILES string of the molecule is Cc1ccc(-c2cccc(C(=O)N[C@@H](CC(=O)O)c3ccccc3C)n2)cc1C. The Balaban J connectivity index is 1.88. The number of hydrogen-bond acceptors (Lipinski definition) is 3. The molecular weight excluding hydrogens is 364 g/mol. The molecule has 0 saturated carbocycles. The molecule has 0 aliphatic carbocycles. The first kappa shape index (κ1) is 20.3. The molecular formula is C24H24N2O3. The Morgan fingerprint density at radius 2 is 1.69 bits per heavy atom. The molecule has 0 radical (unpaired) electrons. The Morgan fingerprint density at radius 3 is 2.38 bits per heavy atom. The van der Waals surface area contributed by atoms with Gasteiger partial charge >= 0.3 is 5.97 Å². The van der Waals surface area contributed by atoms with Gasteiger partial charge in [-0.3, -0.25) is 9.59 Å². The van der Waals surface area contributed by atoms with Crippen molar-refractivity contribution in [1.29, 1.82) is 0 Å². The standard InChI is InChI=1S/C24H24N2O3/c1-15-11-12-18(13-17(15)3)20-9-6-10-21(25-20)24(29)26-22(14-23(27)28)19-8-5-4-7-16(19)2/h4-13,22H,14H2,1-3H3,(H,26,29)(H,27,28)/t22-/m0/s1. The van der Waals surface area contributed by atoms with Crippen molar-refractivity contribution in [3.05, 3.63) is 88.6 Å². The van der Waals surface area contributed by atoms with Gasteiger partial charge in [-0.2, -0.15) is 0 Å². The first-order valence-corrected chi connectivity index (χ1v) is 9.48. The number of aliphatic carboxylic acids is 1. The van der Waals surface area contributed by atoms with Crippen LogP contribution in [-0.2, 0) is 4.79 Å². The van der Waals surface area contributed by atoms with Crippen LogP contribution in [0.25, 0.3) is 11.3 Å². The fourth-order valence-electron chi connectivity index (χ4n) is 3.25. The van der Waals surface area contributed by atoms with Crippen LogP contribution >= 0.6 is 0 Å². The number of pyridine rings is 1. The molecule has 0 spiro atoms. The van der Waals surface area contributed by atoms with Crippen LogP contribution in [0.5, 0.6) is 0 Å². The minimum absolute atomic E-state index is 0.201. The quantitative estimate of drug-likeness (QED) is 0.646. The molecule has 0 aliphatic heterocycles. The van der Waals surface area contributed by atoms with E-state index < -0.39 is 17.9 Å². The van der Waals surface area contributed by atoms with Crippen LogP contribution in [0.2, 0.25) is 0 Å². The molecule has 5 heteroatoms. The van der Waals surface area contributed by atoms with E-state index in [1.807, 2.05) is 69.3 Å². The first-order valence-electron chi connectivity index (χ1n) is 9.48. The van der Waals surface area contributed by atoms with Crippen LogP contribution in [0.3, 0.4) is 0 Å². The average Bonchev–Trinajstić information content (AvgIpc) is 2.69. The number of nitrogens with one attached hydrogen (secondary N) is 1. The van der Waals surface area contributed by atoms with Gasteiger partial charge in [-0.05, 0) is 61.2 Å². The van der Waals surface area contributed by atoms with Gasteiger partial charge in [-0.25, -0.2) is 4.98 Å². The maximum atomic E-state index is 12.9.